The van der Waals surface area contributed by atoms with Crippen LogP contribution in [0.5, 0.6) is 0 Å². The Labute approximate surface area is 137 Å². The summed E-state index contributed by atoms with van der Waals surface area (Å²) in [7, 11) is 0. The van der Waals surface area contributed by atoms with Crippen LogP contribution in [-0.2, 0) is 11.2 Å². The van der Waals surface area contributed by atoms with Crippen molar-refractivity contribution in [2.75, 3.05) is 13.2 Å². The van der Waals surface area contributed by atoms with Crippen LogP contribution >= 0.6 is 0 Å². The molecule has 1 aliphatic rings. The predicted molar refractivity (Wildman–Crippen MR) is 89.2 cm³/mol. The average molecular weight is 310 g/mol. The van der Waals surface area contributed by atoms with Gasteiger partial charge in [-0.2, -0.15) is 0 Å². The molecule has 23 heavy (non-hydrogen) atoms. The van der Waals surface area contributed by atoms with Crippen LogP contribution in [-0.4, -0.2) is 40.6 Å². The molecule has 0 N–H and O–H groups in total. The number of amides is 1. The highest BCUT2D eigenvalue weighted by Gasteiger charge is 2.38. The summed E-state index contributed by atoms with van der Waals surface area (Å²) in [4.78, 5) is 18.8. The molecule has 0 spiro atoms. The molecule has 4 heteroatoms. The zero-order valence-corrected chi connectivity index (χ0v) is 13.6. The van der Waals surface area contributed by atoms with Gasteiger partial charge in [0.1, 0.15) is 0 Å². The lowest BCUT2D eigenvalue weighted by Gasteiger charge is -2.45. The van der Waals surface area contributed by atoms with E-state index in [4.69, 9.17) is 4.74 Å². The lowest BCUT2D eigenvalue weighted by Crippen LogP contribution is -2.58. The van der Waals surface area contributed by atoms with Gasteiger partial charge in [0.25, 0.3) is 5.91 Å². The zero-order chi connectivity index (χ0) is 16.3. The normalized spacial score (nSPS) is 20.3. The molecule has 1 amide bonds. The lowest BCUT2D eigenvalue weighted by atomic mass is 9.97. The van der Waals surface area contributed by atoms with E-state index < -0.39 is 0 Å². The number of ether oxygens (including phenoxy) is 1. The molecule has 3 rings (SSSR count). The number of morpholine rings is 1. The molecule has 0 bridgehead atoms. The van der Waals surface area contributed by atoms with E-state index in [2.05, 4.69) is 17.1 Å². The third-order valence-electron chi connectivity index (χ3n) is 4.25. The van der Waals surface area contributed by atoms with Gasteiger partial charge in [0.2, 0.25) is 0 Å². The molecule has 1 saturated heterocycles. The van der Waals surface area contributed by atoms with Crippen LogP contribution in [0.4, 0.5) is 0 Å². The summed E-state index contributed by atoms with van der Waals surface area (Å²) in [5.41, 5.74) is 1.53. The Bertz CT molecular complexity index is 656. The maximum atomic E-state index is 12.8. The summed E-state index contributed by atoms with van der Waals surface area (Å²) in [5.74, 6) is 0.0180. The molecule has 1 aromatic heterocycles. The second kappa shape index (κ2) is 6.50. The Morgan fingerprint density at radius 2 is 2.04 bits per heavy atom. The molecule has 2 heterocycles. The number of carbonyl (C=O) groups is 1. The molecule has 1 unspecified atom stereocenters. The monoisotopic (exact) mass is 310 g/mol. The predicted octanol–water partition coefficient (Wildman–Crippen LogP) is 2.94. The van der Waals surface area contributed by atoms with Gasteiger partial charge in [-0.05, 0) is 31.5 Å². The van der Waals surface area contributed by atoms with Crippen molar-refractivity contribution in [1.82, 2.24) is 9.88 Å². The Morgan fingerprint density at radius 3 is 2.74 bits per heavy atom. The van der Waals surface area contributed by atoms with Crippen LogP contribution in [0, 0.1) is 0 Å². The van der Waals surface area contributed by atoms with E-state index in [1.807, 2.05) is 43.0 Å². The van der Waals surface area contributed by atoms with Gasteiger partial charge in [0.15, 0.2) is 0 Å². The van der Waals surface area contributed by atoms with E-state index in [0.29, 0.717) is 18.7 Å². The van der Waals surface area contributed by atoms with Crippen molar-refractivity contribution in [1.29, 1.82) is 0 Å². The summed E-state index contributed by atoms with van der Waals surface area (Å²) in [6.07, 6.45) is 4.14. The highest BCUT2D eigenvalue weighted by atomic mass is 16.5. The minimum absolute atomic E-state index is 0.0180. The largest absolute Gasteiger partial charge is 0.374 e. The molecule has 0 radical (unpaired) electrons. The SMILES string of the molecule is CC1(C)COC(Cc2ccccc2)CN1C(=O)c1cccnc1. The topological polar surface area (TPSA) is 42.4 Å². The first kappa shape index (κ1) is 15.7. The number of carbonyl (C=O) groups excluding carboxylic acids is 1. The van der Waals surface area contributed by atoms with Crippen LogP contribution in [0.3, 0.4) is 0 Å². The number of nitrogens with zero attached hydrogens (tertiary/aromatic N) is 2. The number of rotatable bonds is 3. The first-order chi connectivity index (χ1) is 11.1. The van der Waals surface area contributed by atoms with Crippen molar-refractivity contribution in [2.45, 2.75) is 31.9 Å². The molecule has 1 aromatic carbocycles. The van der Waals surface area contributed by atoms with Crippen molar-refractivity contribution in [3.63, 3.8) is 0 Å². The van der Waals surface area contributed by atoms with E-state index in [9.17, 15) is 4.79 Å². The van der Waals surface area contributed by atoms with Gasteiger partial charge < -0.3 is 9.64 Å². The fourth-order valence-corrected chi connectivity index (χ4v) is 2.91. The van der Waals surface area contributed by atoms with Gasteiger partial charge in [0.05, 0.1) is 23.8 Å². The minimum Gasteiger partial charge on any atom is -0.374 e. The third kappa shape index (κ3) is 3.59. The lowest BCUT2D eigenvalue weighted by molar-refractivity contribution is -0.0821. The molecule has 120 valence electrons. The Balaban J connectivity index is 1.76. The van der Waals surface area contributed by atoms with Gasteiger partial charge in [-0.15, -0.1) is 0 Å². The summed E-state index contributed by atoms with van der Waals surface area (Å²) >= 11 is 0. The summed E-state index contributed by atoms with van der Waals surface area (Å²) < 4.78 is 6.00. The molecule has 1 aliphatic heterocycles. The fourth-order valence-electron chi connectivity index (χ4n) is 2.91. The maximum absolute atomic E-state index is 12.8. The van der Waals surface area contributed by atoms with Gasteiger partial charge in [-0.3, -0.25) is 9.78 Å². The maximum Gasteiger partial charge on any atom is 0.256 e. The number of benzene rings is 1. The van der Waals surface area contributed by atoms with Crippen molar-refractivity contribution in [3.8, 4) is 0 Å². The van der Waals surface area contributed by atoms with Gasteiger partial charge in [-0.25, -0.2) is 0 Å². The first-order valence-corrected chi connectivity index (χ1v) is 7.94. The molecule has 4 nitrogen and oxygen atoms in total. The summed E-state index contributed by atoms with van der Waals surface area (Å²) in [6, 6.07) is 13.9. The van der Waals surface area contributed by atoms with Crippen LogP contribution < -0.4 is 0 Å². The molecule has 1 fully saturated rings. The molecule has 0 aliphatic carbocycles. The number of hydrogen-bond donors (Lipinski definition) is 0. The highest BCUT2D eigenvalue weighted by molar-refractivity contribution is 5.94. The van der Waals surface area contributed by atoms with Crippen LogP contribution in [0.25, 0.3) is 0 Å². The van der Waals surface area contributed by atoms with E-state index in [1.54, 1.807) is 18.5 Å². The number of hydrogen-bond acceptors (Lipinski definition) is 3. The minimum atomic E-state index is -0.319. The molecule has 1 atom stereocenters. The van der Waals surface area contributed by atoms with Crippen molar-refractivity contribution in [2.24, 2.45) is 0 Å². The quantitative estimate of drug-likeness (QED) is 0.875. The van der Waals surface area contributed by atoms with Crippen molar-refractivity contribution < 1.29 is 9.53 Å². The number of pyridine rings is 1. The summed E-state index contributed by atoms with van der Waals surface area (Å²) in [6.45, 7) is 5.21. The smallest absolute Gasteiger partial charge is 0.256 e. The second-order valence-electron chi connectivity index (χ2n) is 6.59. The zero-order valence-electron chi connectivity index (χ0n) is 13.6. The van der Waals surface area contributed by atoms with E-state index in [0.717, 1.165) is 6.42 Å². The van der Waals surface area contributed by atoms with Crippen LogP contribution in [0.1, 0.15) is 29.8 Å². The van der Waals surface area contributed by atoms with E-state index in [-0.39, 0.29) is 17.6 Å². The van der Waals surface area contributed by atoms with Crippen LogP contribution in [0.2, 0.25) is 0 Å². The summed E-state index contributed by atoms with van der Waals surface area (Å²) in [5, 5.41) is 0. The second-order valence-corrected chi connectivity index (χ2v) is 6.59. The molecular weight excluding hydrogens is 288 g/mol. The van der Waals surface area contributed by atoms with E-state index >= 15 is 0 Å². The average Bonchev–Trinajstić information content (AvgIpc) is 2.57. The first-order valence-electron chi connectivity index (χ1n) is 7.94. The van der Waals surface area contributed by atoms with E-state index in [1.165, 1.54) is 5.56 Å². The Morgan fingerprint density at radius 1 is 1.26 bits per heavy atom. The van der Waals surface area contributed by atoms with Crippen LogP contribution in [0.15, 0.2) is 54.9 Å². The Hall–Kier alpha value is -2.20. The Kier molecular flexibility index (Phi) is 4.44. The molecule has 0 saturated carbocycles. The number of aromatic nitrogens is 1. The molecular formula is C19H22N2O2. The molecule has 2 aromatic rings. The standard InChI is InChI=1S/C19H22N2O2/c1-19(2)14-23-17(11-15-7-4-3-5-8-15)13-21(19)18(22)16-9-6-10-20-12-16/h3-10,12,17H,11,13-14H2,1-2H3. The van der Waals surface area contributed by atoms with Gasteiger partial charge in [-0.1, -0.05) is 30.3 Å². The van der Waals surface area contributed by atoms with Gasteiger partial charge >= 0.3 is 0 Å². The third-order valence-corrected chi connectivity index (χ3v) is 4.25. The fraction of sp³-hybridized carbons (Fsp3) is 0.368. The van der Waals surface area contributed by atoms with Gasteiger partial charge in [0, 0.05) is 25.4 Å². The van der Waals surface area contributed by atoms with Crippen molar-refractivity contribution in [3.05, 3.63) is 66.0 Å². The van der Waals surface area contributed by atoms with Crippen molar-refractivity contribution >= 4 is 5.91 Å². The highest BCUT2D eigenvalue weighted by Crippen LogP contribution is 2.25.